The number of nitrogens with two attached hydrogens (primary N) is 1. The first-order chi connectivity index (χ1) is 9.65. The maximum atomic E-state index is 12.2. The Labute approximate surface area is 123 Å². The summed E-state index contributed by atoms with van der Waals surface area (Å²) in [6.45, 7) is 0.461. The molecule has 0 bridgehead atoms. The average molecular weight is 287 g/mol. The Hall–Kier alpha value is -2.00. The zero-order chi connectivity index (χ0) is 14.1. The van der Waals surface area contributed by atoms with Crippen LogP contribution in [0.3, 0.4) is 0 Å². The molecule has 3 nitrogen and oxygen atoms in total. The Morgan fingerprint density at radius 2 is 1.95 bits per heavy atom. The van der Waals surface area contributed by atoms with Gasteiger partial charge in [-0.05, 0) is 41.8 Å². The van der Waals surface area contributed by atoms with Gasteiger partial charge in [-0.25, -0.2) is 0 Å². The molecule has 20 heavy (non-hydrogen) atoms. The first kappa shape index (κ1) is 13.0. The summed E-state index contributed by atoms with van der Waals surface area (Å²) in [7, 11) is 0. The van der Waals surface area contributed by atoms with Gasteiger partial charge >= 0.3 is 0 Å². The predicted octanol–water partition coefficient (Wildman–Crippen LogP) is 3.40. The number of benzene rings is 2. The fraction of sp³-hybridized carbons (Fsp3) is 0.188. The summed E-state index contributed by atoms with van der Waals surface area (Å²) in [6, 6.07) is 13.3. The van der Waals surface area contributed by atoms with E-state index in [2.05, 4.69) is 6.07 Å². The number of fused-ring (bicyclic) bond motifs is 1. The van der Waals surface area contributed by atoms with Crippen LogP contribution in [-0.2, 0) is 17.8 Å². The van der Waals surface area contributed by atoms with Crippen molar-refractivity contribution in [3.05, 3.63) is 58.6 Å². The number of anilines is 2. The van der Waals surface area contributed by atoms with Crippen LogP contribution in [0, 0.1) is 0 Å². The maximum Gasteiger partial charge on any atom is 0.227 e. The van der Waals surface area contributed by atoms with Crippen LogP contribution < -0.4 is 10.6 Å². The van der Waals surface area contributed by atoms with E-state index in [0.717, 1.165) is 17.7 Å². The Bertz CT molecular complexity index is 669. The van der Waals surface area contributed by atoms with Gasteiger partial charge in [0, 0.05) is 22.8 Å². The van der Waals surface area contributed by atoms with E-state index in [1.54, 1.807) is 17.0 Å². The number of rotatable bonds is 2. The van der Waals surface area contributed by atoms with E-state index in [0.29, 0.717) is 23.7 Å². The van der Waals surface area contributed by atoms with Crippen molar-refractivity contribution in [1.29, 1.82) is 0 Å². The molecule has 2 aromatic carbocycles. The van der Waals surface area contributed by atoms with Gasteiger partial charge in [0.1, 0.15) is 0 Å². The van der Waals surface area contributed by atoms with Crippen LogP contribution in [0.25, 0.3) is 0 Å². The Morgan fingerprint density at radius 3 is 2.80 bits per heavy atom. The van der Waals surface area contributed by atoms with Crippen molar-refractivity contribution in [2.75, 3.05) is 10.6 Å². The monoisotopic (exact) mass is 286 g/mol. The lowest BCUT2D eigenvalue weighted by Gasteiger charge is -2.29. The molecule has 1 amide bonds. The molecular formula is C16H15ClN2O. The van der Waals surface area contributed by atoms with E-state index in [-0.39, 0.29) is 5.91 Å². The van der Waals surface area contributed by atoms with E-state index in [9.17, 15) is 4.79 Å². The smallest absolute Gasteiger partial charge is 0.227 e. The number of amides is 1. The van der Waals surface area contributed by atoms with Gasteiger partial charge in [-0.1, -0.05) is 29.8 Å². The van der Waals surface area contributed by atoms with E-state index in [1.807, 2.05) is 24.3 Å². The lowest BCUT2D eigenvalue weighted by atomic mass is 10.0. The van der Waals surface area contributed by atoms with Gasteiger partial charge in [0.25, 0.3) is 0 Å². The molecule has 0 aliphatic carbocycles. The van der Waals surface area contributed by atoms with Gasteiger partial charge in [0.05, 0.1) is 6.54 Å². The van der Waals surface area contributed by atoms with Crippen LogP contribution >= 0.6 is 11.6 Å². The molecule has 3 rings (SSSR count). The van der Waals surface area contributed by atoms with Crippen LogP contribution in [-0.4, -0.2) is 5.91 Å². The van der Waals surface area contributed by atoms with Gasteiger partial charge in [-0.15, -0.1) is 0 Å². The molecule has 1 aliphatic heterocycles. The van der Waals surface area contributed by atoms with Crippen molar-refractivity contribution in [2.24, 2.45) is 0 Å². The maximum absolute atomic E-state index is 12.2. The lowest BCUT2D eigenvalue weighted by Crippen LogP contribution is -2.34. The standard InChI is InChI=1S/C16H15ClN2O/c17-13-6-7-14(18)12(9-13)10-19-15-4-2-1-3-11(15)5-8-16(19)20/h1-4,6-7,9H,5,8,10,18H2. The molecule has 2 aromatic rings. The first-order valence-corrected chi connectivity index (χ1v) is 6.95. The van der Waals surface area contributed by atoms with Crippen molar-refractivity contribution in [1.82, 2.24) is 0 Å². The number of para-hydroxylation sites is 1. The van der Waals surface area contributed by atoms with Crippen molar-refractivity contribution >= 4 is 28.9 Å². The zero-order valence-corrected chi connectivity index (χ0v) is 11.7. The number of hydrogen-bond donors (Lipinski definition) is 1. The normalized spacial score (nSPS) is 14.2. The van der Waals surface area contributed by atoms with Crippen LogP contribution in [0.2, 0.25) is 5.02 Å². The van der Waals surface area contributed by atoms with Gasteiger partial charge in [-0.3, -0.25) is 4.79 Å². The highest BCUT2D eigenvalue weighted by molar-refractivity contribution is 6.30. The minimum Gasteiger partial charge on any atom is -0.398 e. The average Bonchev–Trinajstić information content (AvgIpc) is 2.46. The molecule has 102 valence electrons. The molecule has 0 spiro atoms. The molecule has 0 saturated heterocycles. The molecular weight excluding hydrogens is 272 g/mol. The number of carbonyl (C=O) groups excluding carboxylic acids is 1. The molecule has 0 unspecified atom stereocenters. The molecule has 2 N–H and O–H groups in total. The highest BCUT2D eigenvalue weighted by Crippen LogP contribution is 2.30. The molecule has 1 heterocycles. The molecule has 0 saturated carbocycles. The quantitative estimate of drug-likeness (QED) is 0.860. The second-order valence-electron chi connectivity index (χ2n) is 4.95. The fourth-order valence-electron chi connectivity index (χ4n) is 2.55. The topological polar surface area (TPSA) is 46.3 Å². The third kappa shape index (κ3) is 2.37. The number of halogens is 1. The number of aryl methyl sites for hydroxylation is 1. The van der Waals surface area contributed by atoms with Gasteiger partial charge in [0.15, 0.2) is 0 Å². The summed E-state index contributed by atoms with van der Waals surface area (Å²) < 4.78 is 0. The van der Waals surface area contributed by atoms with Gasteiger partial charge in [0.2, 0.25) is 5.91 Å². The summed E-state index contributed by atoms with van der Waals surface area (Å²) in [6.07, 6.45) is 1.34. The summed E-state index contributed by atoms with van der Waals surface area (Å²) >= 11 is 6.01. The van der Waals surface area contributed by atoms with Crippen LogP contribution in [0.1, 0.15) is 17.5 Å². The fourth-order valence-corrected chi connectivity index (χ4v) is 2.75. The zero-order valence-electron chi connectivity index (χ0n) is 11.0. The minimum atomic E-state index is 0.128. The summed E-state index contributed by atoms with van der Waals surface area (Å²) in [5, 5.41) is 0.631. The predicted molar refractivity (Wildman–Crippen MR) is 81.8 cm³/mol. The largest absolute Gasteiger partial charge is 0.398 e. The Balaban J connectivity index is 1.97. The number of nitrogens with zero attached hydrogens (tertiary/aromatic N) is 1. The van der Waals surface area contributed by atoms with Crippen molar-refractivity contribution < 1.29 is 4.79 Å². The highest BCUT2D eigenvalue weighted by atomic mass is 35.5. The van der Waals surface area contributed by atoms with Gasteiger partial charge in [-0.2, -0.15) is 0 Å². The molecule has 4 heteroatoms. The first-order valence-electron chi connectivity index (χ1n) is 6.57. The minimum absolute atomic E-state index is 0.128. The van der Waals surface area contributed by atoms with E-state index >= 15 is 0 Å². The second kappa shape index (κ2) is 5.17. The van der Waals surface area contributed by atoms with Crippen molar-refractivity contribution in [3.8, 4) is 0 Å². The molecule has 0 fully saturated rings. The van der Waals surface area contributed by atoms with E-state index in [4.69, 9.17) is 17.3 Å². The Morgan fingerprint density at radius 1 is 1.15 bits per heavy atom. The lowest BCUT2D eigenvalue weighted by molar-refractivity contribution is -0.119. The molecule has 0 aromatic heterocycles. The van der Waals surface area contributed by atoms with Gasteiger partial charge < -0.3 is 10.6 Å². The second-order valence-corrected chi connectivity index (χ2v) is 5.39. The van der Waals surface area contributed by atoms with Crippen molar-refractivity contribution in [3.63, 3.8) is 0 Å². The number of nitrogen functional groups attached to an aromatic ring is 1. The van der Waals surface area contributed by atoms with E-state index < -0.39 is 0 Å². The third-order valence-corrected chi connectivity index (χ3v) is 3.86. The molecule has 1 aliphatic rings. The third-order valence-electron chi connectivity index (χ3n) is 3.63. The highest BCUT2D eigenvalue weighted by Gasteiger charge is 2.24. The van der Waals surface area contributed by atoms with Crippen LogP contribution in [0.4, 0.5) is 11.4 Å². The van der Waals surface area contributed by atoms with E-state index in [1.165, 1.54) is 5.56 Å². The van der Waals surface area contributed by atoms with Crippen molar-refractivity contribution in [2.45, 2.75) is 19.4 Å². The molecule has 0 atom stereocenters. The number of hydrogen-bond acceptors (Lipinski definition) is 2. The molecule has 0 radical (unpaired) electrons. The van der Waals surface area contributed by atoms with Crippen LogP contribution in [0.5, 0.6) is 0 Å². The van der Waals surface area contributed by atoms with Crippen LogP contribution in [0.15, 0.2) is 42.5 Å². The Kier molecular flexibility index (Phi) is 3.36. The summed E-state index contributed by atoms with van der Waals surface area (Å²) in [4.78, 5) is 14.0. The SMILES string of the molecule is Nc1ccc(Cl)cc1CN1C(=O)CCc2ccccc21. The summed E-state index contributed by atoms with van der Waals surface area (Å²) in [5.41, 5.74) is 9.69. The summed E-state index contributed by atoms with van der Waals surface area (Å²) in [5.74, 6) is 0.128. The number of carbonyl (C=O) groups is 1.